The summed E-state index contributed by atoms with van der Waals surface area (Å²) in [6.45, 7) is 2.09. The second-order valence-corrected chi connectivity index (χ2v) is 2.00. The summed E-state index contributed by atoms with van der Waals surface area (Å²) in [5, 5.41) is 3.23. The van der Waals surface area contributed by atoms with Crippen molar-refractivity contribution in [2.24, 2.45) is 0 Å². The van der Waals surface area contributed by atoms with E-state index < -0.39 is 0 Å². The highest BCUT2D eigenvalue weighted by atomic mass is 16.5. The Balaban J connectivity index is 2.13. The first kappa shape index (κ1) is 6.05. The average molecular weight is 114 g/mol. The molecule has 2 nitrogen and oxygen atoms in total. The van der Waals surface area contributed by atoms with Gasteiger partial charge >= 0.3 is 0 Å². The Kier molecular flexibility index (Phi) is 2.30. The normalized spacial score (nSPS) is 30.4. The molecule has 2 heteroatoms. The molecule has 1 rings (SSSR count). The van der Waals surface area contributed by atoms with Gasteiger partial charge in [-0.15, -0.1) is 0 Å². The van der Waals surface area contributed by atoms with E-state index >= 15 is 0 Å². The van der Waals surface area contributed by atoms with Crippen LogP contribution < -0.4 is 5.32 Å². The van der Waals surface area contributed by atoms with Gasteiger partial charge in [0.25, 0.3) is 0 Å². The lowest BCUT2D eigenvalue weighted by Crippen LogP contribution is -2.35. The number of hydrogen-bond donors (Lipinski definition) is 1. The van der Waals surface area contributed by atoms with E-state index in [0.717, 1.165) is 19.5 Å². The first-order valence-corrected chi connectivity index (χ1v) is 3.00. The molecule has 1 fully saturated rings. The monoisotopic (exact) mass is 114 g/mol. The Bertz CT molecular complexity index is 59.5. The highest BCUT2D eigenvalue weighted by Crippen LogP contribution is 2.01. The van der Waals surface area contributed by atoms with Crippen LogP contribution >= 0.6 is 0 Å². The van der Waals surface area contributed by atoms with E-state index in [1.54, 1.807) is 7.11 Å². The molecule has 0 bridgehead atoms. The lowest BCUT2D eigenvalue weighted by Gasteiger charge is -2.20. The molecular weight excluding hydrogens is 102 g/mol. The number of ether oxygens (including phenoxy) is 1. The quantitative estimate of drug-likeness (QED) is 0.525. The molecule has 1 saturated heterocycles. The van der Waals surface area contributed by atoms with Crippen LogP contribution in [0.4, 0.5) is 0 Å². The maximum atomic E-state index is 5.07. The van der Waals surface area contributed by atoms with Crippen LogP contribution in [0, 0.1) is 6.42 Å². The molecule has 1 atom stereocenters. The van der Waals surface area contributed by atoms with Gasteiger partial charge in [-0.25, -0.2) is 0 Å². The second-order valence-electron chi connectivity index (χ2n) is 2.00. The fourth-order valence-electron chi connectivity index (χ4n) is 0.879. The van der Waals surface area contributed by atoms with Crippen LogP contribution in [0.15, 0.2) is 0 Å². The van der Waals surface area contributed by atoms with E-state index in [1.165, 1.54) is 0 Å². The van der Waals surface area contributed by atoms with Crippen LogP contribution in [-0.4, -0.2) is 26.3 Å². The maximum absolute atomic E-state index is 5.07. The van der Waals surface area contributed by atoms with Crippen molar-refractivity contribution in [2.45, 2.75) is 12.5 Å². The highest BCUT2D eigenvalue weighted by Gasteiger charge is 2.10. The van der Waals surface area contributed by atoms with E-state index in [0.29, 0.717) is 6.10 Å². The molecule has 1 N–H and O–H groups in total. The van der Waals surface area contributed by atoms with Gasteiger partial charge in [0, 0.05) is 13.7 Å². The molecule has 0 aromatic rings. The van der Waals surface area contributed by atoms with E-state index in [2.05, 4.69) is 11.7 Å². The lowest BCUT2D eigenvalue weighted by molar-refractivity contribution is 0.115. The zero-order valence-electron chi connectivity index (χ0n) is 5.18. The highest BCUT2D eigenvalue weighted by molar-refractivity contribution is 4.83. The van der Waals surface area contributed by atoms with Gasteiger partial charge < -0.3 is 10.1 Å². The van der Waals surface area contributed by atoms with Crippen LogP contribution in [0.1, 0.15) is 6.42 Å². The van der Waals surface area contributed by atoms with Gasteiger partial charge in [0.15, 0.2) is 0 Å². The Labute approximate surface area is 50.2 Å². The van der Waals surface area contributed by atoms with E-state index in [-0.39, 0.29) is 0 Å². The standard InChI is InChI=1S/C6H12NO/c1-8-6-3-2-4-7-5-6/h3,6-7H,2,4-5H2,1H3. The molecule has 0 amide bonds. The summed E-state index contributed by atoms with van der Waals surface area (Å²) in [6, 6.07) is 0. The molecule has 0 aromatic carbocycles. The summed E-state index contributed by atoms with van der Waals surface area (Å²) in [4.78, 5) is 0. The largest absolute Gasteiger partial charge is 0.380 e. The van der Waals surface area contributed by atoms with Crippen molar-refractivity contribution < 1.29 is 4.74 Å². The van der Waals surface area contributed by atoms with Gasteiger partial charge in [0.05, 0.1) is 6.10 Å². The van der Waals surface area contributed by atoms with Crippen molar-refractivity contribution in [1.29, 1.82) is 0 Å². The molecule has 1 heterocycles. The molecule has 1 unspecified atom stereocenters. The summed E-state index contributed by atoms with van der Waals surface area (Å²) in [7, 11) is 1.74. The summed E-state index contributed by atoms with van der Waals surface area (Å²) in [5.41, 5.74) is 0. The lowest BCUT2D eigenvalue weighted by atomic mass is 10.1. The third-order valence-electron chi connectivity index (χ3n) is 1.40. The van der Waals surface area contributed by atoms with Gasteiger partial charge in [0.1, 0.15) is 0 Å². The van der Waals surface area contributed by atoms with Crippen LogP contribution in [-0.2, 0) is 4.74 Å². The maximum Gasteiger partial charge on any atom is 0.0727 e. The molecule has 1 aliphatic heterocycles. The number of piperidine rings is 1. The number of rotatable bonds is 1. The molecule has 1 radical (unpaired) electrons. The number of hydrogen-bond acceptors (Lipinski definition) is 2. The van der Waals surface area contributed by atoms with Crippen LogP contribution in [0.25, 0.3) is 0 Å². The van der Waals surface area contributed by atoms with Crippen molar-refractivity contribution >= 4 is 0 Å². The summed E-state index contributed by atoms with van der Waals surface area (Å²) in [5.74, 6) is 0. The SMILES string of the molecule is COC1[CH]CCNC1. The topological polar surface area (TPSA) is 21.3 Å². The van der Waals surface area contributed by atoms with Gasteiger partial charge in [0.2, 0.25) is 0 Å². The Hall–Kier alpha value is -0.0800. The molecule has 0 spiro atoms. The molecule has 0 aliphatic carbocycles. The minimum Gasteiger partial charge on any atom is -0.380 e. The summed E-state index contributed by atoms with van der Waals surface area (Å²) < 4.78 is 5.07. The predicted octanol–water partition coefficient (Wildman–Crippen LogP) is 0.199. The molecule has 1 aliphatic rings. The first-order chi connectivity index (χ1) is 3.93. The second kappa shape index (κ2) is 3.05. The van der Waals surface area contributed by atoms with Crippen LogP contribution in [0.5, 0.6) is 0 Å². The molecule has 47 valence electrons. The predicted molar refractivity (Wildman–Crippen MR) is 32.6 cm³/mol. The smallest absolute Gasteiger partial charge is 0.0727 e. The minimum atomic E-state index is 0.351. The van der Waals surface area contributed by atoms with Crippen LogP contribution in [0.3, 0.4) is 0 Å². The van der Waals surface area contributed by atoms with Gasteiger partial charge in [-0.3, -0.25) is 0 Å². The minimum absolute atomic E-state index is 0.351. The van der Waals surface area contributed by atoms with Crippen molar-refractivity contribution in [2.75, 3.05) is 20.2 Å². The van der Waals surface area contributed by atoms with E-state index in [4.69, 9.17) is 4.74 Å². The van der Waals surface area contributed by atoms with Crippen molar-refractivity contribution in [3.63, 3.8) is 0 Å². The van der Waals surface area contributed by atoms with E-state index in [1.807, 2.05) is 0 Å². The van der Waals surface area contributed by atoms with Gasteiger partial charge in [-0.1, -0.05) is 0 Å². The van der Waals surface area contributed by atoms with Crippen LogP contribution in [0.2, 0.25) is 0 Å². The average Bonchev–Trinajstić information content (AvgIpc) is 1.90. The number of nitrogens with one attached hydrogen (secondary N) is 1. The van der Waals surface area contributed by atoms with E-state index in [9.17, 15) is 0 Å². The summed E-state index contributed by atoms with van der Waals surface area (Å²) in [6.07, 6.45) is 3.69. The third-order valence-corrected chi connectivity index (χ3v) is 1.40. The fourth-order valence-corrected chi connectivity index (χ4v) is 0.879. The van der Waals surface area contributed by atoms with Crippen molar-refractivity contribution in [1.82, 2.24) is 5.32 Å². The molecule has 0 aromatic heterocycles. The molecule has 8 heavy (non-hydrogen) atoms. The zero-order chi connectivity index (χ0) is 5.82. The fraction of sp³-hybridized carbons (Fsp3) is 0.833. The Morgan fingerprint density at radius 2 is 2.62 bits per heavy atom. The number of methoxy groups -OCH3 is 1. The Morgan fingerprint density at radius 1 is 1.75 bits per heavy atom. The first-order valence-electron chi connectivity index (χ1n) is 3.00. The van der Waals surface area contributed by atoms with Crippen molar-refractivity contribution in [3.05, 3.63) is 6.42 Å². The van der Waals surface area contributed by atoms with Crippen molar-refractivity contribution in [3.8, 4) is 0 Å². The Morgan fingerprint density at radius 3 is 3.00 bits per heavy atom. The van der Waals surface area contributed by atoms with Gasteiger partial charge in [-0.05, 0) is 19.4 Å². The third kappa shape index (κ3) is 1.46. The molecule has 0 saturated carbocycles. The summed E-state index contributed by atoms with van der Waals surface area (Å²) >= 11 is 0. The zero-order valence-corrected chi connectivity index (χ0v) is 5.18. The molecular formula is C6H12NO. The van der Waals surface area contributed by atoms with Gasteiger partial charge in [-0.2, -0.15) is 0 Å².